The van der Waals surface area contributed by atoms with Crippen LogP contribution in [0.15, 0.2) is 96.1 Å². The fraction of sp³-hybridized carbons (Fsp3) is 0.379. The predicted octanol–water partition coefficient (Wildman–Crippen LogP) is 4.79. The Morgan fingerprint density at radius 1 is 0.684 bits per heavy atom. The van der Waals surface area contributed by atoms with E-state index in [1.165, 1.54) is 0 Å². The Hall–Kier alpha value is -3.27. The maximum Gasteiger partial charge on any atom is 0.186 e. The largest absolute Gasteiger partial charge is 0.394 e. The van der Waals surface area contributed by atoms with Crippen LogP contribution in [0.25, 0.3) is 10.4 Å². The molecule has 9 heteroatoms. The highest BCUT2D eigenvalue weighted by Gasteiger charge is 2.48. The Morgan fingerprint density at radius 2 is 1.16 bits per heavy atom. The van der Waals surface area contributed by atoms with Crippen molar-refractivity contribution in [1.82, 2.24) is 0 Å². The minimum atomic E-state index is -0.873. The van der Waals surface area contributed by atoms with E-state index in [0.29, 0.717) is 19.8 Å². The van der Waals surface area contributed by atoms with Gasteiger partial charge in [-0.25, -0.2) is 0 Å². The maximum atomic E-state index is 10.3. The average molecular weight is 520 g/mol. The zero-order chi connectivity index (χ0) is 26.4. The molecule has 200 valence electrons. The van der Waals surface area contributed by atoms with Crippen LogP contribution in [0.2, 0.25) is 0 Å². The first-order valence-electron chi connectivity index (χ1n) is 12.6. The lowest BCUT2D eigenvalue weighted by Crippen LogP contribution is -2.61. The highest BCUT2D eigenvalue weighted by atomic mass is 16.7. The average Bonchev–Trinajstić information content (AvgIpc) is 2.98. The molecule has 3 aromatic carbocycles. The first-order chi connectivity index (χ1) is 18.8. The standard InChI is InChI=1S/C29H33N3O6/c30-32-31-16-17-34-29-28(37-21-24-14-8-3-9-15-24)27(36-20-23-12-6-2-7-13-23)26(25(18-33)38-29)35-19-22-10-4-1-5-11-22/h1-15,25-29,33H,16-21H2/t25-,26-,27+,28-,29+/m1/s1. The van der Waals surface area contributed by atoms with Crippen molar-refractivity contribution >= 4 is 0 Å². The molecular formula is C29H33N3O6. The topological polar surface area (TPSA) is 115 Å². The van der Waals surface area contributed by atoms with Gasteiger partial charge in [0.1, 0.15) is 24.4 Å². The highest BCUT2D eigenvalue weighted by molar-refractivity contribution is 5.15. The molecule has 1 fully saturated rings. The van der Waals surface area contributed by atoms with E-state index in [4.69, 9.17) is 29.2 Å². The fourth-order valence-electron chi connectivity index (χ4n) is 4.28. The first-order valence-corrected chi connectivity index (χ1v) is 12.6. The van der Waals surface area contributed by atoms with E-state index >= 15 is 0 Å². The van der Waals surface area contributed by atoms with Gasteiger partial charge in [0, 0.05) is 11.5 Å². The quantitative estimate of drug-likeness (QED) is 0.142. The maximum absolute atomic E-state index is 10.3. The van der Waals surface area contributed by atoms with Crippen LogP contribution in [0.5, 0.6) is 0 Å². The summed E-state index contributed by atoms with van der Waals surface area (Å²) in [7, 11) is 0. The molecule has 0 unspecified atom stereocenters. The zero-order valence-electron chi connectivity index (χ0n) is 21.1. The molecule has 0 amide bonds. The van der Waals surface area contributed by atoms with Crippen LogP contribution in [0.1, 0.15) is 16.7 Å². The predicted molar refractivity (Wildman–Crippen MR) is 141 cm³/mol. The van der Waals surface area contributed by atoms with Gasteiger partial charge in [-0.05, 0) is 22.2 Å². The summed E-state index contributed by atoms with van der Waals surface area (Å²) in [5, 5.41) is 13.8. The number of hydrogen-bond donors (Lipinski definition) is 1. The number of ether oxygens (including phenoxy) is 5. The number of rotatable bonds is 14. The van der Waals surface area contributed by atoms with Gasteiger partial charge in [0.25, 0.3) is 0 Å². The second-order valence-electron chi connectivity index (χ2n) is 8.83. The van der Waals surface area contributed by atoms with Crippen molar-refractivity contribution in [3.05, 3.63) is 118 Å². The van der Waals surface area contributed by atoms with Gasteiger partial charge in [0.05, 0.1) is 33.0 Å². The van der Waals surface area contributed by atoms with Crippen LogP contribution in [-0.2, 0) is 43.5 Å². The molecule has 1 aliphatic heterocycles. The zero-order valence-corrected chi connectivity index (χ0v) is 21.1. The van der Waals surface area contributed by atoms with E-state index in [2.05, 4.69) is 10.0 Å². The van der Waals surface area contributed by atoms with Gasteiger partial charge < -0.3 is 28.8 Å². The van der Waals surface area contributed by atoms with E-state index in [-0.39, 0.29) is 19.8 Å². The third-order valence-electron chi connectivity index (χ3n) is 6.16. The van der Waals surface area contributed by atoms with Crippen molar-refractivity contribution in [2.45, 2.75) is 50.5 Å². The molecule has 0 radical (unpaired) electrons. The van der Waals surface area contributed by atoms with Crippen LogP contribution in [0.3, 0.4) is 0 Å². The SMILES string of the molecule is [N-]=[N+]=NCCO[C@H]1O[C@H](CO)[C@@H](OCc2ccccc2)[C@H](OCc2ccccc2)[C@H]1OCc1ccccc1. The van der Waals surface area contributed by atoms with E-state index < -0.39 is 30.7 Å². The normalized spacial score (nSPS) is 23.0. The van der Waals surface area contributed by atoms with Gasteiger partial charge in [0.2, 0.25) is 0 Å². The first kappa shape index (κ1) is 27.8. The summed E-state index contributed by atoms with van der Waals surface area (Å²) in [5.41, 5.74) is 11.6. The van der Waals surface area contributed by atoms with Crippen molar-refractivity contribution < 1.29 is 28.8 Å². The monoisotopic (exact) mass is 519 g/mol. The van der Waals surface area contributed by atoms with Crippen LogP contribution in [0, 0.1) is 0 Å². The summed E-state index contributed by atoms with van der Waals surface area (Å²) >= 11 is 0. The molecule has 1 heterocycles. The van der Waals surface area contributed by atoms with E-state index in [9.17, 15) is 5.11 Å². The molecule has 0 aromatic heterocycles. The van der Waals surface area contributed by atoms with Crippen molar-refractivity contribution in [3.8, 4) is 0 Å². The summed E-state index contributed by atoms with van der Waals surface area (Å²) in [5.74, 6) is 0. The summed E-state index contributed by atoms with van der Waals surface area (Å²) < 4.78 is 31.3. The van der Waals surface area contributed by atoms with E-state index in [1.54, 1.807) is 0 Å². The molecule has 0 aliphatic carbocycles. The van der Waals surface area contributed by atoms with Crippen molar-refractivity contribution in [2.75, 3.05) is 19.8 Å². The molecule has 9 nitrogen and oxygen atoms in total. The molecule has 5 atom stereocenters. The molecular weight excluding hydrogens is 486 g/mol. The Balaban J connectivity index is 1.59. The Morgan fingerprint density at radius 3 is 1.63 bits per heavy atom. The molecule has 38 heavy (non-hydrogen) atoms. The molecule has 4 rings (SSSR count). The highest BCUT2D eigenvalue weighted by Crippen LogP contribution is 2.31. The minimum Gasteiger partial charge on any atom is -0.394 e. The van der Waals surface area contributed by atoms with Crippen LogP contribution >= 0.6 is 0 Å². The van der Waals surface area contributed by atoms with E-state index in [0.717, 1.165) is 16.7 Å². The Kier molecular flexibility index (Phi) is 11.1. The van der Waals surface area contributed by atoms with E-state index in [1.807, 2.05) is 91.0 Å². The van der Waals surface area contributed by atoms with Crippen molar-refractivity contribution in [1.29, 1.82) is 0 Å². The van der Waals surface area contributed by atoms with Crippen molar-refractivity contribution in [3.63, 3.8) is 0 Å². The fourth-order valence-corrected chi connectivity index (χ4v) is 4.28. The minimum absolute atomic E-state index is 0.124. The lowest BCUT2D eigenvalue weighted by atomic mass is 9.98. The second kappa shape index (κ2) is 15.2. The van der Waals surface area contributed by atoms with Gasteiger partial charge in [-0.3, -0.25) is 0 Å². The molecule has 1 aliphatic rings. The third kappa shape index (κ3) is 8.11. The number of azide groups is 1. The Labute approximate surface area is 222 Å². The Bertz CT molecular complexity index is 1110. The molecule has 0 bridgehead atoms. The molecule has 1 saturated heterocycles. The number of benzene rings is 3. The lowest BCUT2D eigenvalue weighted by Gasteiger charge is -2.45. The van der Waals surface area contributed by atoms with Gasteiger partial charge >= 0.3 is 0 Å². The summed E-state index contributed by atoms with van der Waals surface area (Å²) in [6.45, 7) is 0.877. The van der Waals surface area contributed by atoms with Gasteiger partial charge in [-0.2, -0.15) is 0 Å². The van der Waals surface area contributed by atoms with Crippen molar-refractivity contribution in [2.24, 2.45) is 5.11 Å². The number of hydrogen-bond acceptors (Lipinski definition) is 7. The summed E-state index contributed by atoms with van der Waals surface area (Å²) in [6.07, 6.45) is -3.55. The number of aliphatic hydroxyl groups excluding tert-OH is 1. The van der Waals surface area contributed by atoms with Gasteiger partial charge in [0.15, 0.2) is 6.29 Å². The van der Waals surface area contributed by atoms with Crippen LogP contribution < -0.4 is 0 Å². The number of aliphatic hydroxyl groups is 1. The molecule has 1 N–H and O–H groups in total. The van der Waals surface area contributed by atoms with Crippen LogP contribution in [0.4, 0.5) is 0 Å². The smallest absolute Gasteiger partial charge is 0.186 e. The van der Waals surface area contributed by atoms with Crippen LogP contribution in [-0.4, -0.2) is 55.6 Å². The van der Waals surface area contributed by atoms with Gasteiger partial charge in [-0.1, -0.05) is 96.1 Å². The molecule has 0 saturated carbocycles. The summed E-state index contributed by atoms with van der Waals surface area (Å²) in [4.78, 5) is 2.78. The second-order valence-corrected chi connectivity index (χ2v) is 8.83. The molecule has 3 aromatic rings. The molecule has 0 spiro atoms. The van der Waals surface area contributed by atoms with Gasteiger partial charge in [-0.15, -0.1) is 0 Å². The lowest BCUT2D eigenvalue weighted by molar-refractivity contribution is -0.326. The third-order valence-corrected chi connectivity index (χ3v) is 6.16. The number of nitrogens with zero attached hydrogens (tertiary/aromatic N) is 3. The summed E-state index contributed by atoms with van der Waals surface area (Å²) in [6, 6.07) is 29.4.